The fourth-order valence-corrected chi connectivity index (χ4v) is 5.38. The lowest BCUT2D eigenvalue weighted by Crippen LogP contribution is -2.36. The van der Waals surface area contributed by atoms with Crippen molar-refractivity contribution in [3.05, 3.63) is 53.6 Å². The lowest BCUT2D eigenvalue weighted by atomic mass is 9.58. The molecule has 1 aromatic rings. The largest absolute Gasteiger partial charge is 0.508 e. The summed E-state index contributed by atoms with van der Waals surface area (Å²) >= 11 is 0. The molecule has 2 saturated carbocycles. The minimum absolute atomic E-state index is 0.402. The minimum Gasteiger partial charge on any atom is -0.508 e. The van der Waals surface area contributed by atoms with Crippen LogP contribution in [0.15, 0.2) is 42.5 Å². The van der Waals surface area contributed by atoms with E-state index in [1.165, 1.54) is 36.8 Å². The van der Waals surface area contributed by atoms with Crippen molar-refractivity contribution in [2.24, 2.45) is 17.3 Å². The summed E-state index contributed by atoms with van der Waals surface area (Å²) in [6.45, 7) is 6.57. The molecular formula is C20H24O. The zero-order valence-electron chi connectivity index (χ0n) is 12.8. The zero-order chi connectivity index (χ0) is 14.6. The minimum atomic E-state index is 0.402. The van der Waals surface area contributed by atoms with E-state index in [1.54, 1.807) is 5.57 Å². The molecule has 0 saturated heterocycles. The van der Waals surface area contributed by atoms with Gasteiger partial charge in [0.25, 0.3) is 0 Å². The summed E-state index contributed by atoms with van der Waals surface area (Å²) in [4.78, 5) is 0. The van der Waals surface area contributed by atoms with Crippen molar-refractivity contribution in [2.75, 3.05) is 0 Å². The van der Waals surface area contributed by atoms with Crippen molar-refractivity contribution in [1.82, 2.24) is 0 Å². The first-order valence-electron chi connectivity index (χ1n) is 8.28. The van der Waals surface area contributed by atoms with Crippen molar-refractivity contribution >= 4 is 0 Å². The first kappa shape index (κ1) is 13.2. The van der Waals surface area contributed by atoms with E-state index in [4.69, 9.17) is 0 Å². The second kappa shape index (κ2) is 4.50. The molecule has 21 heavy (non-hydrogen) atoms. The van der Waals surface area contributed by atoms with Gasteiger partial charge in [0.1, 0.15) is 5.75 Å². The van der Waals surface area contributed by atoms with Crippen LogP contribution in [0.5, 0.6) is 5.75 Å². The van der Waals surface area contributed by atoms with E-state index < -0.39 is 0 Å². The van der Waals surface area contributed by atoms with Gasteiger partial charge in [0.2, 0.25) is 0 Å². The monoisotopic (exact) mass is 280 g/mol. The van der Waals surface area contributed by atoms with E-state index in [2.05, 4.69) is 31.7 Å². The van der Waals surface area contributed by atoms with Crippen LogP contribution in [0.2, 0.25) is 0 Å². The Morgan fingerprint density at radius 3 is 2.95 bits per heavy atom. The normalized spacial score (nSPS) is 37.2. The molecule has 1 nitrogen and oxygen atoms in total. The number of hydrogen-bond donors (Lipinski definition) is 1. The highest BCUT2D eigenvalue weighted by Gasteiger charge is 2.51. The molecule has 1 aromatic carbocycles. The van der Waals surface area contributed by atoms with Crippen LogP contribution in [0.25, 0.3) is 0 Å². The highest BCUT2D eigenvalue weighted by atomic mass is 16.3. The molecule has 4 unspecified atom stereocenters. The van der Waals surface area contributed by atoms with Gasteiger partial charge >= 0.3 is 0 Å². The van der Waals surface area contributed by atoms with Gasteiger partial charge < -0.3 is 5.11 Å². The molecule has 110 valence electrons. The number of benzene rings is 1. The molecule has 1 heteroatoms. The van der Waals surface area contributed by atoms with E-state index in [0.717, 1.165) is 12.3 Å². The number of phenols is 1. The molecular weight excluding hydrogens is 256 g/mol. The van der Waals surface area contributed by atoms with Crippen LogP contribution in [0.3, 0.4) is 0 Å². The van der Waals surface area contributed by atoms with E-state index in [9.17, 15) is 5.11 Å². The highest BCUT2D eigenvalue weighted by molar-refractivity contribution is 5.47. The van der Waals surface area contributed by atoms with Gasteiger partial charge in [-0.25, -0.2) is 0 Å². The molecule has 4 rings (SSSR count). The number of phenolic OH excluding ortho intramolecular Hbond substituents is 1. The average Bonchev–Trinajstić information content (AvgIpc) is 2.83. The molecule has 0 heterocycles. The summed E-state index contributed by atoms with van der Waals surface area (Å²) in [5.41, 5.74) is 4.91. The summed E-state index contributed by atoms with van der Waals surface area (Å²) in [6, 6.07) is 5.97. The smallest absolute Gasteiger partial charge is 0.115 e. The van der Waals surface area contributed by atoms with Crippen molar-refractivity contribution < 1.29 is 5.11 Å². The maximum atomic E-state index is 9.71. The van der Waals surface area contributed by atoms with Crippen molar-refractivity contribution in [2.45, 2.75) is 44.9 Å². The molecule has 0 amide bonds. The number of hydrogen-bond acceptors (Lipinski definition) is 1. The molecule has 0 aliphatic heterocycles. The van der Waals surface area contributed by atoms with Crippen LogP contribution in [0, 0.1) is 17.3 Å². The van der Waals surface area contributed by atoms with Crippen molar-refractivity contribution in [3.8, 4) is 5.75 Å². The fourth-order valence-electron chi connectivity index (χ4n) is 5.38. The molecule has 0 spiro atoms. The summed E-state index contributed by atoms with van der Waals surface area (Å²) in [5.74, 6) is 2.42. The Labute approximate surface area is 127 Å². The first-order chi connectivity index (χ1) is 10.1. The Hall–Kier alpha value is -1.50. The van der Waals surface area contributed by atoms with Crippen LogP contribution in [-0.2, 0) is 6.42 Å². The summed E-state index contributed by atoms with van der Waals surface area (Å²) in [7, 11) is 0. The average molecular weight is 280 g/mol. The Morgan fingerprint density at radius 2 is 2.14 bits per heavy atom. The van der Waals surface area contributed by atoms with Gasteiger partial charge in [-0.15, -0.1) is 6.58 Å². The van der Waals surface area contributed by atoms with Gasteiger partial charge in [0.05, 0.1) is 0 Å². The molecule has 3 aliphatic carbocycles. The maximum absolute atomic E-state index is 9.71. The molecule has 4 atom stereocenters. The van der Waals surface area contributed by atoms with Crippen LogP contribution in [0.1, 0.15) is 49.7 Å². The van der Waals surface area contributed by atoms with E-state index in [0.29, 0.717) is 23.0 Å². The third-order valence-electron chi connectivity index (χ3n) is 6.53. The van der Waals surface area contributed by atoms with Gasteiger partial charge in [0.15, 0.2) is 0 Å². The van der Waals surface area contributed by atoms with Crippen LogP contribution in [0.4, 0.5) is 0 Å². The lowest BCUT2D eigenvalue weighted by Gasteiger charge is -2.46. The third-order valence-corrected chi connectivity index (χ3v) is 6.53. The van der Waals surface area contributed by atoms with Gasteiger partial charge in [-0.1, -0.05) is 30.7 Å². The summed E-state index contributed by atoms with van der Waals surface area (Å²) in [6.07, 6.45) is 10.8. The number of fused-ring (bicyclic) bond motifs is 5. The zero-order valence-corrected chi connectivity index (χ0v) is 12.8. The number of allylic oxidation sites excluding steroid dienone is 3. The third kappa shape index (κ3) is 1.76. The molecule has 0 aromatic heterocycles. The second-order valence-electron chi connectivity index (χ2n) is 7.36. The van der Waals surface area contributed by atoms with Crippen LogP contribution in [-0.4, -0.2) is 5.11 Å². The van der Waals surface area contributed by atoms with E-state index >= 15 is 0 Å². The quantitative estimate of drug-likeness (QED) is 0.720. The Kier molecular flexibility index (Phi) is 2.82. The predicted octanol–water partition coefficient (Wildman–Crippen LogP) is 4.97. The Bertz CT molecular complexity index is 627. The van der Waals surface area contributed by atoms with Gasteiger partial charge in [-0.2, -0.15) is 0 Å². The second-order valence-corrected chi connectivity index (χ2v) is 7.36. The molecule has 2 fully saturated rings. The van der Waals surface area contributed by atoms with E-state index in [1.807, 2.05) is 12.1 Å². The van der Waals surface area contributed by atoms with Gasteiger partial charge in [-0.3, -0.25) is 0 Å². The van der Waals surface area contributed by atoms with Crippen LogP contribution >= 0.6 is 0 Å². The van der Waals surface area contributed by atoms with Crippen molar-refractivity contribution in [1.29, 1.82) is 0 Å². The van der Waals surface area contributed by atoms with E-state index in [-0.39, 0.29) is 0 Å². The molecule has 0 bridgehead atoms. The lowest BCUT2D eigenvalue weighted by molar-refractivity contribution is 0.151. The molecule has 3 aliphatic rings. The fraction of sp³-hybridized carbons (Fsp3) is 0.500. The molecule has 1 N–H and O–H groups in total. The Morgan fingerprint density at radius 1 is 1.29 bits per heavy atom. The Balaban J connectivity index is 1.74. The maximum Gasteiger partial charge on any atom is 0.115 e. The first-order valence-corrected chi connectivity index (χ1v) is 8.28. The SMILES string of the molecule is C=CC1CCC2C3=CCc4cc(O)ccc4C3CCC12C. The van der Waals surface area contributed by atoms with Gasteiger partial charge in [0, 0.05) is 5.92 Å². The van der Waals surface area contributed by atoms with Gasteiger partial charge in [-0.05, 0) is 72.6 Å². The standard InChI is InChI=1S/C20H24O/c1-3-14-5-9-19-18-7-4-13-12-15(21)6-8-16(13)17(18)10-11-20(14,19)2/h3,6-8,12,14,17,19,21H,1,4-5,9-11H2,2H3. The number of aromatic hydroxyl groups is 1. The number of rotatable bonds is 1. The predicted molar refractivity (Wildman–Crippen MR) is 86.4 cm³/mol. The highest BCUT2D eigenvalue weighted by Crippen LogP contribution is 2.61. The molecule has 0 radical (unpaired) electrons. The van der Waals surface area contributed by atoms with Crippen molar-refractivity contribution in [3.63, 3.8) is 0 Å². The van der Waals surface area contributed by atoms with Crippen LogP contribution < -0.4 is 0 Å². The topological polar surface area (TPSA) is 20.2 Å². The summed E-state index contributed by atoms with van der Waals surface area (Å²) in [5, 5.41) is 9.71. The summed E-state index contributed by atoms with van der Waals surface area (Å²) < 4.78 is 0.